The number of rotatable bonds is 5. The molecule has 8 aromatic carbocycles. The minimum absolute atomic E-state index is 0.219. The monoisotopic (exact) mass is 730 g/mol. The fraction of sp³-hybridized carbons (Fsp3) is 0.0204. The molecule has 0 radical (unpaired) electrons. The number of hydrogen-bond acceptors (Lipinski definition) is 2. The Labute approximate surface area is 313 Å². The lowest BCUT2D eigenvalue weighted by Gasteiger charge is -2.30. The summed E-state index contributed by atoms with van der Waals surface area (Å²) in [6.45, 7) is 0. The predicted octanol–water partition coefficient (Wildman–Crippen LogP) is 13.7. The summed E-state index contributed by atoms with van der Waals surface area (Å²) in [7, 11) is 0. The van der Waals surface area contributed by atoms with Crippen molar-refractivity contribution in [2.24, 2.45) is 0 Å². The van der Waals surface area contributed by atoms with E-state index in [1.54, 1.807) is 0 Å². The van der Waals surface area contributed by atoms with Crippen LogP contribution in [-0.4, -0.2) is 0 Å². The van der Waals surface area contributed by atoms with E-state index >= 15 is 0 Å². The first-order valence-electron chi connectivity index (χ1n) is 17.6. The molecule has 0 heterocycles. The maximum Gasteiger partial charge on any atom is 0.0725 e. The standard InChI is InChI=1S/C25H15Br.C24H20N2/c26-16-13-14-20-19-9-3-6-12-23(19)25(24(20)15-16)21-10-4-1-7-17(21)18-8-2-5-11-22(18)25;1-4-10-20(11-5-1)25-21-16-18-24(19-17-21)26(22-12-6-2-7-13-22)23-14-8-3-9-15-23/h1-15H;1-19,25H. The first kappa shape index (κ1) is 31.8. The molecule has 0 aromatic heterocycles. The summed E-state index contributed by atoms with van der Waals surface area (Å²) in [5, 5.41) is 3.43. The van der Waals surface area contributed by atoms with Crippen molar-refractivity contribution >= 4 is 44.4 Å². The first-order valence-corrected chi connectivity index (χ1v) is 18.4. The number of halogens is 1. The largest absolute Gasteiger partial charge is 0.356 e. The van der Waals surface area contributed by atoms with Crippen LogP contribution in [0.3, 0.4) is 0 Å². The number of hydrogen-bond donors (Lipinski definition) is 1. The van der Waals surface area contributed by atoms with E-state index in [0.717, 1.165) is 32.9 Å². The average Bonchev–Trinajstić information content (AvgIpc) is 3.67. The maximum absolute atomic E-state index is 3.72. The van der Waals surface area contributed by atoms with Crippen LogP contribution in [0.15, 0.2) is 211 Å². The van der Waals surface area contributed by atoms with Crippen LogP contribution < -0.4 is 10.2 Å². The second-order valence-electron chi connectivity index (χ2n) is 13.1. The third-order valence-electron chi connectivity index (χ3n) is 10.2. The van der Waals surface area contributed by atoms with Gasteiger partial charge in [-0.25, -0.2) is 0 Å². The molecule has 1 N–H and O–H groups in total. The molecule has 8 aromatic rings. The highest BCUT2D eigenvalue weighted by atomic mass is 79.9. The Bertz CT molecular complexity index is 2390. The van der Waals surface area contributed by atoms with E-state index in [0.29, 0.717) is 0 Å². The second kappa shape index (κ2) is 13.5. The third-order valence-corrected chi connectivity index (χ3v) is 10.7. The van der Waals surface area contributed by atoms with E-state index in [2.05, 4.69) is 202 Å². The molecule has 2 aliphatic rings. The molecule has 0 saturated carbocycles. The van der Waals surface area contributed by atoms with Crippen molar-refractivity contribution in [3.8, 4) is 22.3 Å². The lowest BCUT2D eigenvalue weighted by molar-refractivity contribution is 0.793. The van der Waals surface area contributed by atoms with Crippen molar-refractivity contribution in [1.29, 1.82) is 0 Å². The quantitative estimate of drug-likeness (QED) is 0.190. The topological polar surface area (TPSA) is 15.3 Å². The predicted molar refractivity (Wildman–Crippen MR) is 221 cm³/mol. The number of fused-ring (bicyclic) bond motifs is 10. The molecule has 0 fully saturated rings. The summed E-state index contributed by atoms with van der Waals surface area (Å²) in [4.78, 5) is 2.26. The fourth-order valence-electron chi connectivity index (χ4n) is 8.05. The molecule has 0 saturated heterocycles. The van der Waals surface area contributed by atoms with E-state index in [9.17, 15) is 0 Å². The van der Waals surface area contributed by atoms with Gasteiger partial charge in [0.2, 0.25) is 0 Å². The summed E-state index contributed by atoms with van der Waals surface area (Å²) in [5.41, 5.74) is 16.3. The van der Waals surface area contributed by atoms with Crippen LogP contribution in [0.5, 0.6) is 0 Å². The molecule has 0 amide bonds. The zero-order valence-corrected chi connectivity index (χ0v) is 30.0. The summed E-state index contributed by atoms with van der Waals surface area (Å²) in [6.07, 6.45) is 0. The van der Waals surface area contributed by atoms with E-state index in [1.807, 2.05) is 30.3 Å². The molecule has 2 aliphatic carbocycles. The van der Waals surface area contributed by atoms with E-state index in [-0.39, 0.29) is 5.41 Å². The minimum Gasteiger partial charge on any atom is -0.356 e. The maximum atomic E-state index is 3.72. The van der Waals surface area contributed by atoms with E-state index in [4.69, 9.17) is 0 Å². The molecule has 0 atom stereocenters. The highest BCUT2D eigenvalue weighted by molar-refractivity contribution is 9.10. The zero-order chi connectivity index (χ0) is 34.9. The Morgan fingerprint density at radius 3 is 1.23 bits per heavy atom. The molecule has 2 nitrogen and oxygen atoms in total. The Morgan fingerprint density at radius 1 is 0.346 bits per heavy atom. The van der Waals surface area contributed by atoms with Crippen LogP contribution >= 0.6 is 15.9 Å². The normalized spacial score (nSPS) is 12.5. The van der Waals surface area contributed by atoms with Gasteiger partial charge in [0.05, 0.1) is 5.41 Å². The SMILES string of the molecule is Brc1ccc2c(c1)C1(c3ccccc3-c3ccccc31)c1ccccc1-2.c1ccc(Nc2ccc(N(c3ccccc3)c3ccccc3)cc2)cc1. The van der Waals surface area contributed by atoms with Crippen LogP contribution in [0.25, 0.3) is 22.3 Å². The third kappa shape index (κ3) is 5.42. The number of nitrogens with zero attached hydrogens (tertiary/aromatic N) is 1. The van der Waals surface area contributed by atoms with Gasteiger partial charge in [0.1, 0.15) is 0 Å². The highest BCUT2D eigenvalue weighted by Crippen LogP contribution is 2.62. The lowest BCUT2D eigenvalue weighted by Crippen LogP contribution is -2.25. The van der Waals surface area contributed by atoms with Gasteiger partial charge in [0.25, 0.3) is 0 Å². The van der Waals surface area contributed by atoms with Crippen LogP contribution in [0.1, 0.15) is 22.3 Å². The van der Waals surface area contributed by atoms with Crippen molar-refractivity contribution < 1.29 is 0 Å². The molecule has 0 unspecified atom stereocenters. The number of para-hydroxylation sites is 3. The molecular weight excluding hydrogens is 696 g/mol. The van der Waals surface area contributed by atoms with Crippen molar-refractivity contribution in [1.82, 2.24) is 0 Å². The molecule has 0 bridgehead atoms. The molecule has 3 heteroatoms. The number of anilines is 5. The van der Waals surface area contributed by atoms with Crippen LogP contribution in [0.2, 0.25) is 0 Å². The first-order chi connectivity index (χ1) is 25.7. The van der Waals surface area contributed by atoms with E-state index < -0.39 is 0 Å². The number of nitrogens with one attached hydrogen (secondary N) is 1. The van der Waals surface area contributed by atoms with E-state index in [1.165, 1.54) is 44.5 Å². The number of benzene rings is 8. The van der Waals surface area contributed by atoms with Gasteiger partial charge in [-0.15, -0.1) is 0 Å². The Balaban J connectivity index is 0.000000138. The van der Waals surface area contributed by atoms with Gasteiger partial charge in [-0.3, -0.25) is 0 Å². The fourth-order valence-corrected chi connectivity index (χ4v) is 8.41. The highest BCUT2D eigenvalue weighted by Gasteiger charge is 2.51. The smallest absolute Gasteiger partial charge is 0.0725 e. The van der Waals surface area contributed by atoms with Crippen molar-refractivity contribution in [3.63, 3.8) is 0 Å². The molecule has 0 aliphatic heterocycles. The van der Waals surface area contributed by atoms with Crippen molar-refractivity contribution in [3.05, 3.63) is 233 Å². The molecule has 248 valence electrons. The van der Waals surface area contributed by atoms with Crippen molar-refractivity contribution in [2.45, 2.75) is 5.41 Å². The molecular formula is C49H35BrN2. The zero-order valence-electron chi connectivity index (χ0n) is 28.5. The summed E-state index contributed by atoms with van der Waals surface area (Å²) >= 11 is 3.72. The van der Waals surface area contributed by atoms with Crippen molar-refractivity contribution in [2.75, 3.05) is 10.2 Å². The van der Waals surface area contributed by atoms with Crippen LogP contribution in [0, 0.1) is 0 Å². The van der Waals surface area contributed by atoms with Gasteiger partial charge in [-0.1, -0.05) is 149 Å². The summed E-state index contributed by atoms with van der Waals surface area (Å²) in [6, 6.07) is 73.0. The average molecular weight is 732 g/mol. The molecule has 1 spiro atoms. The van der Waals surface area contributed by atoms with Gasteiger partial charge >= 0.3 is 0 Å². The summed E-state index contributed by atoms with van der Waals surface area (Å²) in [5.74, 6) is 0. The minimum atomic E-state index is -0.219. The Hall–Kier alpha value is -6.16. The van der Waals surface area contributed by atoms with Crippen LogP contribution in [-0.2, 0) is 5.41 Å². The van der Waals surface area contributed by atoms with Gasteiger partial charge in [0.15, 0.2) is 0 Å². The van der Waals surface area contributed by atoms with Gasteiger partial charge in [-0.2, -0.15) is 0 Å². The van der Waals surface area contributed by atoms with Gasteiger partial charge in [0, 0.05) is 32.9 Å². The van der Waals surface area contributed by atoms with Crippen LogP contribution in [0.4, 0.5) is 28.4 Å². The molecule has 52 heavy (non-hydrogen) atoms. The lowest BCUT2D eigenvalue weighted by atomic mass is 9.70. The summed E-state index contributed by atoms with van der Waals surface area (Å²) < 4.78 is 1.13. The van der Waals surface area contributed by atoms with Gasteiger partial charge < -0.3 is 10.2 Å². The Kier molecular flexibility index (Phi) is 8.27. The second-order valence-corrected chi connectivity index (χ2v) is 14.0. The molecule has 10 rings (SSSR count). The Morgan fingerprint density at radius 2 is 0.731 bits per heavy atom. The van der Waals surface area contributed by atoms with Gasteiger partial charge in [-0.05, 0) is 117 Å².